The lowest BCUT2D eigenvalue weighted by Gasteiger charge is -2.19. The molecule has 1 aromatic heterocycles. The zero-order chi connectivity index (χ0) is 19.3. The number of para-hydroxylation sites is 1. The standard InChI is InChI=1S/C22H25N5O/c1-16-6-8-17(9-7-16)14-24-22-18-4-2-3-5-19(18)25-20(26-22)15-27-12-10-21(28)23-11-13-27/h2-9H,10-15H2,1H3,(H,23,28)(H,24,25,26). The van der Waals surface area contributed by atoms with Crippen LogP contribution < -0.4 is 10.6 Å². The highest BCUT2D eigenvalue weighted by Gasteiger charge is 2.16. The molecule has 144 valence electrons. The topological polar surface area (TPSA) is 70.2 Å². The second-order valence-corrected chi connectivity index (χ2v) is 7.22. The molecule has 1 saturated heterocycles. The van der Waals surface area contributed by atoms with E-state index in [2.05, 4.69) is 46.7 Å². The van der Waals surface area contributed by atoms with Crippen molar-refractivity contribution in [3.8, 4) is 0 Å². The maximum atomic E-state index is 11.6. The Hall–Kier alpha value is -2.99. The molecule has 0 spiro atoms. The lowest BCUT2D eigenvalue weighted by molar-refractivity contribution is -0.120. The molecule has 0 unspecified atom stereocenters. The van der Waals surface area contributed by atoms with Gasteiger partial charge in [0.1, 0.15) is 11.6 Å². The van der Waals surface area contributed by atoms with Crippen LogP contribution in [0.1, 0.15) is 23.4 Å². The van der Waals surface area contributed by atoms with Crippen molar-refractivity contribution in [1.82, 2.24) is 20.2 Å². The van der Waals surface area contributed by atoms with Crippen LogP contribution in [-0.2, 0) is 17.9 Å². The summed E-state index contributed by atoms with van der Waals surface area (Å²) in [4.78, 5) is 23.4. The van der Waals surface area contributed by atoms with Crippen LogP contribution in [0.25, 0.3) is 10.9 Å². The lowest BCUT2D eigenvalue weighted by atomic mass is 10.1. The van der Waals surface area contributed by atoms with Crippen molar-refractivity contribution in [1.29, 1.82) is 0 Å². The van der Waals surface area contributed by atoms with E-state index in [1.165, 1.54) is 11.1 Å². The average molecular weight is 375 g/mol. The number of aryl methyl sites for hydroxylation is 1. The van der Waals surface area contributed by atoms with Crippen molar-refractivity contribution in [2.75, 3.05) is 25.0 Å². The van der Waals surface area contributed by atoms with Gasteiger partial charge in [-0.05, 0) is 24.6 Å². The number of carbonyl (C=O) groups excluding carboxylic acids is 1. The van der Waals surface area contributed by atoms with Gasteiger partial charge in [0.2, 0.25) is 5.91 Å². The van der Waals surface area contributed by atoms with Crippen LogP contribution in [0.5, 0.6) is 0 Å². The van der Waals surface area contributed by atoms with Crippen molar-refractivity contribution in [3.05, 3.63) is 65.5 Å². The number of benzene rings is 2. The smallest absolute Gasteiger partial charge is 0.221 e. The Morgan fingerprint density at radius 2 is 1.89 bits per heavy atom. The molecule has 2 heterocycles. The van der Waals surface area contributed by atoms with Gasteiger partial charge in [0.25, 0.3) is 0 Å². The van der Waals surface area contributed by atoms with Gasteiger partial charge in [-0.2, -0.15) is 0 Å². The zero-order valence-electron chi connectivity index (χ0n) is 16.1. The van der Waals surface area contributed by atoms with Gasteiger partial charge in [0.15, 0.2) is 0 Å². The molecule has 1 amide bonds. The Balaban J connectivity index is 1.56. The summed E-state index contributed by atoms with van der Waals surface area (Å²) >= 11 is 0. The normalized spacial score (nSPS) is 15.2. The van der Waals surface area contributed by atoms with Crippen molar-refractivity contribution in [3.63, 3.8) is 0 Å². The molecule has 0 radical (unpaired) electrons. The van der Waals surface area contributed by atoms with Crippen LogP contribution in [-0.4, -0.2) is 40.4 Å². The number of nitrogens with zero attached hydrogens (tertiary/aromatic N) is 3. The van der Waals surface area contributed by atoms with Gasteiger partial charge in [-0.1, -0.05) is 42.0 Å². The first-order valence-corrected chi connectivity index (χ1v) is 9.71. The molecule has 2 aromatic carbocycles. The van der Waals surface area contributed by atoms with Crippen LogP contribution >= 0.6 is 0 Å². The third-order valence-electron chi connectivity index (χ3n) is 5.00. The number of nitrogens with one attached hydrogen (secondary N) is 2. The van der Waals surface area contributed by atoms with Gasteiger partial charge in [-0.15, -0.1) is 0 Å². The minimum absolute atomic E-state index is 0.113. The number of carbonyl (C=O) groups is 1. The minimum Gasteiger partial charge on any atom is -0.365 e. The van der Waals surface area contributed by atoms with Crippen LogP contribution in [0.4, 0.5) is 5.82 Å². The Bertz CT molecular complexity index is 970. The Labute approximate surface area is 165 Å². The van der Waals surface area contributed by atoms with E-state index in [-0.39, 0.29) is 5.91 Å². The van der Waals surface area contributed by atoms with Gasteiger partial charge in [0.05, 0.1) is 12.1 Å². The summed E-state index contributed by atoms with van der Waals surface area (Å²) in [6.07, 6.45) is 0.520. The average Bonchev–Trinajstić information content (AvgIpc) is 2.91. The summed E-state index contributed by atoms with van der Waals surface area (Å²) in [6, 6.07) is 16.6. The van der Waals surface area contributed by atoms with Gasteiger partial charge in [-0.25, -0.2) is 9.97 Å². The number of hydrogen-bond donors (Lipinski definition) is 2. The molecule has 28 heavy (non-hydrogen) atoms. The molecular formula is C22H25N5O. The number of amides is 1. The molecule has 2 N–H and O–H groups in total. The molecule has 1 aliphatic heterocycles. The molecule has 6 nitrogen and oxygen atoms in total. The summed E-state index contributed by atoms with van der Waals surface area (Å²) in [7, 11) is 0. The highest BCUT2D eigenvalue weighted by molar-refractivity contribution is 5.89. The molecular weight excluding hydrogens is 350 g/mol. The van der Waals surface area contributed by atoms with E-state index in [9.17, 15) is 4.79 Å². The summed E-state index contributed by atoms with van der Waals surface area (Å²) in [5.41, 5.74) is 3.40. The number of aromatic nitrogens is 2. The van der Waals surface area contributed by atoms with Crippen molar-refractivity contribution in [2.24, 2.45) is 0 Å². The second kappa shape index (κ2) is 8.35. The fourth-order valence-corrected chi connectivity index (χ4v) is 3.39. The highest BCUT2D eigenvalue weighted by Crippen LogP contribution is 2.21. The third-order valence-corrected chi connectivity index (χ3v) is 5.00. The minimum atomic E-state index is 0.113. The summed E-state index contributed by atoms with van der Waals surface area (Å²) in [6.45, 7) is 5.66. The van der Waals surface area contributed by atoms with E-state index in [4.69, 9.17) is 9.97 Å². The van der Waals surface area contributed by atoms with Crippen LogP contribution in [0, 0.1) is 6.92 Å². The molecule has 6 heteroatoms. The van der Waals surface area contributed by atoms with Gasteiger partial charge in [-0.3, -0.25) is 9.69 Å². The maximum absolute atomic E-state index is 11.6. The molecule has 0 bridgehead atoms. The largest absolute Gasteiger partial charge is 0.365 e. The quantitative estimate of drug-likeness (QED) is 0.718. The highest BCUT2D eigenvalue weighted by atomic mass is 16.1. The second-order valence-electron chi connectivity index (χ2n) is 7.22. The number of anilines is 1. The van der Waals surface area contributed by atoms with E-state index >= 15 is 0 Å². The van der Waals surface area contributed by atoms with Crippen molar-refractivity contribution in [2.45, 2.75) is 26.4 Å². The summed E-state index contributed by atoms with van der Waals surface area (Å²) in [5.74, 6) is 1.74. The zero-order valence-corrected chi connectivity index (χ0v) is 16.1. The Morgan fingerprint density at radius 1 is 1.07 bits per heavy atom. The van der Waals surface area contributed by atoms with Crippen LogP contribution in [0.3, 0.4) is 0 Å². The van der Waals surface area contributed by atoms with Gasteiger partial charge >= 0.3 is 0 Å². The molecule has 1 aliphatic rings. The summed E-state index contributed by atoms with van der Waals surface area (Å²) < 4.78 is 0. The molecule has 1 fully saturated rings. The van der Waals surface area contributed by atoms with E-state index in [1.807, 2.05) is 24.3 Å². The predicted octanol–water partition coefficient (Wildman–Crippen LogP) is 2.87. The SMILES string of the molecule is Cc1ccc(CNc2nc(CN3CCNC(=O)CC3)nc3ccccc23)cc1. The first kappa shape index (κ1) is 18.4. The number of rotatable bonds is 5. The van der Waals surface area contributed by atoms with E-state index in [1.54, 1.807) is 0 Å². The summed E-state index contributed by atoms with van der Waals surface area (Å²) in [5, 5.41) is 7.41. The van der Waals surface area contributed by atoms with Crippen LogP contribution in [0.2, 0.25) is 0 Å². The fraction of sp³-hybridized carbons (Fsp3) is 0.318. The van der Waals surface area contributed by atoms with Crippen LogP contribution in [0.15, 0.2) is 48.5 Å². The predicted molar refractivity (Wildman–Crippen MR) is 111 cm³/mol. The van der Waals surface area contributed by atoms with Crippen molar-refractivity contribution < 1.29 is 4.79 Å². The monoisotopic (exact) mass is 375 g/mol. The first-order chi connectivity index (χ1) is 13.7. The third kappa shape index (κ3) is 4.46. The number of fused-ring (bicyclic) bond motifs is 1. The lowest BCUT2D eigenvalue weighted by Crippen LogP contribution is -2.29. The first-order valence-electron chi connectivity index (χ1n) is 9.71. The van der Waals surface area contributed by atoms with E-state index < -0.39 is 0 Å². The number of hydrogen-bond acceptors (Lipinski definition) is 5. The molecule has 4 rings (SSSR count). The van der Waals surface area contributed by atoms with Gasteiger partial charge in [0, 0.05) is 38.0 Å². The molecule has 0 aliphatic carbocycles. The molecule has 0 atom stereocenters. The Morgan fingerprint density at radius 3 is 2.75 bits per heavy atom. The van der Waals surface area contributed by atoms with E-state index in [0.717, 1.165) is 35.6 Å². The maximum Gasteiger partial charge on any atom is 0.221 e. The van der Waals surface area contributed by atoms with Crippen molar-refractivity contribution >= 4 is 22.6 Å². The molecule has 3 aromatic rings. The Kier molecular flexibility index (Phi) is 5.48. The molecule has 0 saturated carbocycles. The fourth-order valence-electron chi connectivity index (χ4n) is 3.39. The van der Waals surface area contributed by atoms with E-state index in [0.29, 0.717) is 26.1 Å². The van der Waals surface area contributed by atoms with Gasteiger partial charge < -0.3 is 10.6 Å².